The van der Waals surface area contributed by atoms with E-state index in [1.165, 1.54) is 0 Å². The summed E-state index contributed by atoms with van der Waals surface area (Å²) in [5, 5.41) is 22.3. The van der Waals surface area contributed by atoms with E-state index in [4.69, 9.17) is 0 Å². The standard InChI is InChI=1S/C15H11N5O/c21-20-12-9-5-4-8-11(12)13-14(20)17-15(19-18-13)16-10-6-2-1-3-7-10/h1-9,21H,(H,16,17,19). The van der Waals surface area contributed by atoms with Crippen molar-refractivity contribution in [3.05, 3.63) is 54.6 Å². The lowest BCUT2D eigenvalue weighted by molar-refractivity contribution is 0.211. The van der Waals surface area contributed by atoms with Crippen LogP contribution in [0, 0.1) is 0 Å². The molecule has 0 spiro atoms. The van der Waals surface area contributed by atoms with Crippen molar-refractivity contribution in [1.82, 2.24) is 19.9 Å². The lowest BCUT2D eigenvalue weighted by Gasteiger charge is -2.03. The first-order valence-corrected chi connectivity index (χ1v) is 6.48. The van der Waals surface area contributed by atoms with E-state index >= 15 is 0 Å². The molecule has 2 aromatic carbocycles. The van der Waals surface area contributed by atoms with Gasteiger partial charge in [-0.1, -0.05) is 36.4 Å². The summed E-state index contributed by atoms with van der Waals surface area (Å²) in [6.07, 6.45) is 0. The number of nitrogens with one attached hydrogen (secondary N) is 1. The second-order valence-corrected chi connectivity index (χ2v) is 4.63. The maximum absolute atomic E-state index is 10.2. The Morgan fingerprint density at radius 2 is 1.67 bits per heavy atom. The zero-order valence-corrected chi connectivity index (χ0v) is 10.9. The molecule has 102 valence electrons. The van der Waals surface area contributed by atoms with Gasteiger partial charge in [0.15, 0.2) is 0 Å². The van der Waals surface area contributed by atoms with Gasteiger partial charge in [-0.2, -0.15) is 9.71 Å². The van der Waals surface area contributed by atoms with Crippen molar-refractivity contribution in [3.8, 4) is 0 Å². The fourth-order valence-corrected chi connectivity index (χ4v) is 2.32. The summed E-state index contributed by atoms with van der Waals surface area (Å²) in [6.45, 7) is 0. The van der Waals surface area contributed by atoms with Crippen molar-refractivity contribution >= 4 is 33.7 Å². The molecule has 0 aliphatic carbocycles. The first-order valence-electron chi connectivity index (χ1n) is 6.48. The predicted molar refractivity (Wildman–Crippen MR) is 79.7 cm³/mol. The van der Waals surface area contributed by atoms with E-state index < -0.39 is 0 Å². The topological polar surface area (TPSA) is 75.9 Å². The van der Waals surface area contributed by atoms with Gasteiger partial charge in [0, 0.05) is 11.1 Å². The van der Waals surface area contributed by atoms with Crippen LogP contribution in [-0.4, -0.2) is 25.1 Å². The second kappa shape index (κ2) is 4.45. The average Bonchev–Trinajstić information content (AvgIpc) is 2.82. The fourth-order valence-electron chi connectivity index (χ4n) is 2.32. The van der Waals surface area contributed by atoms with E-state index in [2.05, 4.69) is 20.5 Å². The zero-order chi connectivity index (χ0) is 14.2. The van der Waals surface area contributed by atoms with Gasteiger partial charge in [0.25, 0.3) is 0 Å². The molecule has 0 fully saturated rings. The Labute approximate surface area is 119 Å². The molecule has 4 aromatic rings. The van der Waals surface area contributed by atoms with Crippen LogP contribution in [0.25, 0.3) is 22.1 Å². The second-order valence-electron chi connectivity index (χ2n) is 4.63. The summed E-state index contributed by atoms with van der Waals surface area (Å²) in [4.78, 5) is 4.34. The number of anilines is 2. The third kappa shape index (κ3) is 1.85. The molecule has 2 N–H and O–H groups in total. The van der Waals surface area contributed by atoms with Crippen molar-refractivity contribution < 1.29 is 5.21 Å². The Hall–Kier alpha value is -3.15. The molecule has 0 aliphatic heterocycles. The van der Waals surface area contributed by atoms with E-state index in [-0.39, 0.29) is 0 Å². The first-order chi connectivity index (χ1) is 10.3. The van der Waals surface area contributed by atoms with Crippen molar-refractivity contribution in [1.29, 1.82) is 0 Å². The molecule has 21 heavy (non-hydrogen) atoms. The van der Waals surface area contributed by atoms with Gasteiger partial charge in [-0.3, -0.25) is 0 Å². The van der Waals surface area contributed by atoms with Gasteiger partial charge in [-0.25, -0.2) is 0 Å². The third-order valence-electron chi connectivity index (χ3n) is 3.29. The number of aromatic nitrogens is 4. The smallest absolute Gasteiger partial charge is 0.249 e. The highest BCUT2D eigenvalue weighted by atomic mass is 16.5. The number of fused-ring (bicyclic) bond motifs is 3. The maximum atomic E-state index is 10.2. The summed E-state index contributed by atoms with van der Waals surface area (Å²) in [5.74, 6) is 0.340. The molecular formula is C15H11N5O. The number of benzene rings is 2. The zero-order valence-electron chi connectivity index (χ0n) is 10.9. The Balaban J connectivity index is 1.86. The number of hydrogen-bond acceptors (Lipinski definition) is 5. The van der Waals surface area contributed by atoms with Crippen LogP contribution in [-0.2, 0) is 0 Å². The molecule has 0 saturated carbocycles. The van der Waals surface area contributed by atoms with Gasteiger partial charge in [0.1, 0.15) is 5.52 Å². The van der Waals surface area contributed by atoms with Crippen LogP contribution in [0.1, 0.15) is 0 Å². The minimum absolute atomic E-state index is 0.340. The van der Waals surface area contributed by atoms with Crippen LogP contribution in [0.5, 0.6) is 0 Å². The highest BCUT2D eigenvalue weighted by Gasteiger charge is 2.13. The SMILES string of the molecule is On1c2ccccc2c2nnc(Nc3ccccc3)nc21. The molecule has 6 heteroatoms. The van der Waals surface area contributed by atoms with E-state index in [0.29, 0.717) is 22.6 Å². The van der Waals surface area contributed by atoms with Crippen molar-refractivity contribution in [2.75, 3.05) is 5.32 Å². The number of para-hydroxylation sites is 2. The highest BCUT2D eigenvalue weighted by Crippen LogP contribution is 2.25. The van der Waals surface area contributed by atoms with Gasteiger partial charge in [0.2, 0.25) is 11.6 Å². The van der Waals surface area contributed by atoms with E-state index in [9.17, 15) is 5.21 Å². The van der Waals surface area contributed by atoms with E-state index in [1.54, 1.807) is 0 Å². The lowest BCUT2D eigenvalue weighted by Crippen LogP contribution is -2.01. The molecule has 0 atom stereocenters. The van der Waals surface area contributed by atoms with E-state index in [1.807, 2.05) is 54.6 Å². The van der Waals surface area contributed by atoms with E-state index in [0.717, 1.165) is 15.8 Å². The van der Waals surface area contributed by atoms with Gasteiger partial charge >= 0.3 is 0 Å². The molecule has 0 bridgehead atoms. The summed E-state index contributed by atoms with van der Waals surface area (Å²) in [7, 11) is 0. The summed E-state index contributed by atoms with van der Waals surface area (Å²) in [6, 6.07) is 17.0. The molecule has 0 unspecified atom stereocenters. The maximum Gasteiger partial charge on any atom is 0.249 e. The number of hydrogen-bond donors (Lipinski definition) is 2. The molecule has 0 aliphatic rings. The monoisotopic (exact) mass is 277 g/mol. The molecule has 0 saturated heterocycles. The van der Waals surface area contributed by atoms with Gasteiger partial charge < -0.3 is 10.5 Å². The van der Waals surface area contributed by atoms with Crippen LogP contribution < -0.4 is 5.32 Å². The number of rotatable bonds is 2. The van der Waals surface area contributed by atoms with Crippen LogP contribution in [0.2, 0.25) is 0 Å². The average molecular weight is 277 g/mol. The molecule has 4 rings (SSSR count). The lowest BCUT2D eigenvalue weighted by atomic mass is 10.2. The Bertz CT molecular complexity index is 933. The van der Waals surface area contributed by atoms with Gasteiger partial charge in [-0.05, 0) is 18.2 Å². The van der Waals surface area contributed by atoms with Crippen LogP contribution in [0.15, 0.2) is 54.6 Å². The molecule has 0 radical (unpaired) electrons. The largest absolute Gasteiger partial charge is 0.426 e. The third-order valence-corrected chi connectivity index (χ3v) is 3.29. The van der Waals surface area contributed by atoms with Gasteiger partial charge in [0.05, 0.1) is 5.52 Å². The van der Waals surface area contributed by atoms with Crippen LogP contribution in [0.3, 0.4) is 0 Å². The van der Waals surface area contributed by atoms with Crippen molar-refractivity contribution in [2.24, 2.45) is 0 Å². The molecular weight excluding hydrogens is 266 g/mol. The molecule has 0 amide bonds. The molecule has 6 nitrogen and oxygen atoms in total. The molecule has 2 heterocycles. The molecule has 2 aromatic heterocycles. The highest BCUT2D eigenvalue weighted by molar-refractivity contribution is 6.03. The Morgan fingerprint density at radius 3 is 2.52 bits per heavy atom. The van der Waals surface area contributed by atoms with Crippen molar-refractivity contribution in [2.45, 2.75) is 0 Å². The normalized spacial score (nSPS) is 11.0. The number of nitrogens with zero attached hydrogens (tertiary/aromatic N) is 4. The predicted octanol–water partition coefficient (Wildman–Crippen LogP) is 2.96. The van der Waals surface area contributed by atoms with Crippen molar-refractivity contribution in [3.63, 3.8) is 0 Å². The summed E-state index contributed by atoms with van der Waals surface area (Å²) < 4.78 is 1.04. The van der Waals surface area contributed by atoms with Crippen LogP contribution in [0.4, 0.5) is 11.6 Å². The Morgan fingerprint density at radius 1 is 0.905 bits per heavy atom. The fraction of sp³-hybridized carbons (Fsp3) is 0. The van der Waals surface area contributed by atoms with Gasteiger partial charge in [-0.15, -0.1) is 10.2 Å². The Kier molecular flexibility index (Phi) is 2.47. The summed E-state index contributed by atoms with van der Waals surface area (Å²) in [5.41, 5.74) is 2.47. The minimum Gasteiger partial charge on any atom is -0.426 e. The summed E-state index contributed by atoms with van der Waals surface area (Å²) >= 11 is 0. The quantitative estimate of drug-likeness (QED) is 0.551. The van der Waals surface area contributed by atoms with Crippen LogP contribution >= 0.6 is 0 Å². The minimum atomic E-state index is 0.340. The first kappa shape index (κ1) is 11.7.